The van der Waals surface area contributed by atoms with E-state index in [2.05, 4.69) is 35.1 Å². The fourth-order valence-corrected chi connectivity index (χ4v) is 2.58. The zero-order chi connectivity index (χ0) is 13.0. The highest BCUT2D eigenvalue weighted by atomic mass is 79.9. The third-order valence-electron chi connectivity index (χ3n) is 3.55. The molecule has 2 nitrogen and oxygen atoms in total. The van der Waals surface area contributed by atoms with Gasteiger partial charge in [0.1, 0.15) is 11.4 Å². The highest BCUT2D eigenvalue weighted by molar-refractivity contribution is 9.10. The van der Waals surface area contributed by atoms with E-state index in [1.807, 2.05) is 24.3 Å². The quantitative estimate of drug-likeness (QED) is 0.852. The molecular weight excluding hydrogens is 290 g/mol. The number of hydrogen-bond acceptors (Lipinski definition) is 2. The minimum absolute atomic E-state index is 0.0791. The number of ether oxygens (including phenoxy) is 1. The van der Waals surface area contributed by atoms with Gasteiger partial charge in [-0.05, 0) is 56.5 Å². The Morgan fingerprint density at radius 2 is 1.94 bits per heavy atom. The highest BCUT2D eigenvalue weighted by Gasteiger charge is 2.38. The Hall–Kier alpha value is -0.540. The summed E-state index contributed by atoms with van der Waals surface area (Å²) in [5.74, 6) is 0.988. The first-order chi connectivity index (χ1) is 8.60. The van der Waals surface area contributed by atoms with Crippen molar-refractivity contribution >= 4 is 15.9 Å². The monoisotopic (exact) mass is 311 g/mol. The van der Waals surface area contributed by atoms with E-state index < -0.39 is 0 Å². The second-order valence-corrected chi connectivity index (χ2v) is 6.37. The maximum atomic E-state index is 6.21. The van der Waals surface area contributed by atoms with E-state index in [0.29, 0.717) is 6.04 Å². The van der Waals surface area contributed by atoms with E-state index in [1.54, 1.807) is 0 Å². The highest BCUT2D eigenvalue weighted by Crippen LogP contribution is 2.39. The van der Waals surface area contributed by atoms with Crippen molar-refractivity contribution in [2.45, 2.75) is 51.2 Å². The molecule has 0 spiro atoms. The smallest absolute Gasteiger partial charge is 0.120 e. The summed E-state index contributed by atoms with van der Waals surface area (Å²) in [7, 11) is 0. The van der Waals surface area contributed by atoms with Gasteiger partial charge in [0.05, 0.1) is 0 Å². The molecule has 0 unspecified atom stereocenters. The first kappa shape index (κ1) is 13.9. The van der Waals surface area contributed by atoms with Crippen molar-refractivity contribution in [3.63, 3.8) is 0 Å². The molecule has 0 bridgehead atoms. The Bertz CT molecular complexity index is 371. The molecule has 1 N–H and O–H groups in total. The SMILES string of the molecule is CC(C)NCCC1(Oc2ccc(Br)cc2)CCC1. The maximum Gasteiger partial charge on any atom is 0.120 e. The molecule has 1 aromatic rings. The summed E-state index contributed by atoms with van der Waals surface area (Å²) in [5, 5.41) is 3.48. The predicted molar refractivity (Wildman–Crippen MR) is 79.1 cm³/mol. The van der Waals surface area contributed by atoms with Gasteiger partial charge in [-0.15, -0.1) is 0 Å². The van der Waals surface area contributed by atoms with Gasteiger partial charge >= 0.3 is 0 Å². The van der Waals surface area contributed by atoms with Crippen LogP contribution in [0.5, 0.6) is 5.75 Å². The molecule has 1 aromatic carbocycles. The number of hydrogen-bond donors (Lipinski definition) is 1. The van der Waals surface area contributed by atoms with E-state index >= 15 is 0 Å². The maximum absolute atomic E-state index is 6.21. The van der Waals surface area contributed by atoms with Crippen molar-refractivity contribution in [3.8, 4) is 5.75 Å². The molecule has 2 rings (SSSR count). The van der Waals surface area contributed by atoms with Crippen LogP contribution in [0.15, 0.2) is 28.7 Å². The molecular formula is C15H22BrNO. The summed E-state index contributed by atoms with van der Waals surface area (Å²) in [6, 6.07) is 8.71. The number of halogens is 1. The fraction of sp³-hybridized carbons (Fsp3) is 0.600. The molecule has 1 fully saturated rings. The van der Waals surface area contributed by atoms with Crippen LogP contribution in [-0.4, -0.2) is 18.2 Å². The number of nitrogens with one attached hydrogen (secondary N) is 1. The van der Waals surface area contributed by atoms with Gasteiger partial charge in [0.25, 0.3) is 0 Å². The summed E-state index contributed by atoms with van der Waals surface area (Å²) in [4.78, 5) is 0. The van der Waals surface area contributed by atoms with Crippen LogP contribution in [0.4, 0.5) is 0 Å². The van der Waals surface area contributed by atoms with Gasteiger partial charge in [-0.1, -0.05) is 29.8 Å². The minimum atomic E-state index is 0.0791. The average molecular weight is 312 g/mol. The first-order valence-corrected chi connectivity index (χ1v) is 7.57. The summed E-state index contributed by atoms with van der Waals surface area (Å²) >= 11 is 3.45. The zero-order valence-electron chi connectivity index (χ0n) is 11.2. The number of rotatable bonds is 6. The largest absolute Gasteiger partial charge is 0.487 e. The van der Waals surface area contributed by atoms with Crippen LogP contribution in [0, 0.1) is 0 Å². The van der Waals surface area contributed by atoms with Crippen LogP contribution < -0.4 is 10.1 Å². The Labute approximate surface area is 118 Å². The van der Waals surface area contributed by atoms with Crippen LogP contribution in [0.2, 0.25) is 0 Å². The van der Waals surface area contributed by atoms with Gasteiger partial charge in [0, 0.05) is 10.5 Å². The predicted octanol–water partition coefficient (Wildman–Crippen LogP) is 4.14. The van der Waals surface area contributed by atoms with E-state index in [1.165, 1.54) is 19.3 Å². The van der Waals surface area contributed by atoms with Crippen molar-refractivity contribution in [2.75, 3.05) is 6.54 Å². The van der Waals surface area contributed by atoms with Crippen molar-refractivity contribution in [1.82, 2.24) is 5.32 Å². The molecule has 3 heteroatoms. The van der Waals surface area contributed by atoms with Gasteiger partial charge in [-0.2, -0.15) is 0 Å². The molecule has 0 heterocycles. The lowest BCUT2D eigenvalue weighted by Crippen LogP contribution is -2.45. The zero-order valence-corrected chi connectivity index (χ0v) is 12.8. The van der Waals surface area contributed by atoms with Gasteiger partial charge < -0.3 is 10.1 Å². The van der Waals surface area contributed by atoms with Crippen LogP contribution >= 0.6 is 15.9 Å². The van der Waals surface area contributed by atoms with Crippen molar-refractivity contribution in [2.24, 2.45) is 0 Å². The van der Waals surface area contributed by atoms with Gasteiger partial charge in [0.2, 0.25) is 0 Å². The Morgan fingerprint density at radius 3 is 2.44 bits per heavy atom. The van der Waals surface area contributed by atoms with Crippen LogP contribution in [0.25, 0.3) is 0 Å². The van der Waals surface area contributed by atoms with Gasteiger partial charge in [-0.25, -0.2) is 0 Å². The van der Waals surface area contributed by atoms with Crippen LogP contribution in [0.1, 0.15) is 39.5 Å². The lowest BCUT2D eigenvalue weighted by atomic mass is 9.77. The third kappa shape index (κ3) is 3.72. The van der Waals surface area contributed by atoms with Gasteiger partial charge in [-0.3, -0.25) is 0 Å². The molecule has 0 atom stereocenters. The molecule has 0 amide bonds. The molecule has 100 valence electrons. The molecule has 0 saturated heterocycles. The molecule has 1 aliphatic carbocycles. The second kappa shape index (κ2) is 6.07. The topological polar surface area (TPSA) is 21.3 Å². The second-order valence-electron chi connectivity index (χ2n) is 5.45. The molecule has 0 radical (unpaired) electrons. The summed E-state index contributed by atoms with van der Waals surface area (Å²) in [5.41, 5.74) is 0.0791. The summed E-state index contributed by atoms with van der Waals surface area (Å²) in [6.45, 7) is 5.40. The number of benzene rings is 1. The Morgan fingerprint density at radius 1 is 1.28 bits per heavy atom. The molecule has 1 saturated carbocycles. The average Bonchev–Trinajstić information content (AvgIpc) is 2.28. The van der Waals surface area contributed by atoms with E-state index in [-0.39, 0.29) is 5.60 Å². The lowest BCUT2D eigenvalue weighted by Gasteiger charge is -2.42. The normalized spacial score (nSPS) is 17.6. The lowest BCUT2D eigenvalue weighted by molar-refractivity contribution is -0.0145. The summed E-state index contributed by atoms with van der Waals surface area (Å²) in [6.07, 6.45) is 4.76. The molecule has 1 aliphatic rings. The Kier molecular flexibility index (Phi) is 4.68. The van der Waals surface area contributed by atoms with Gasteiger partial charge in [0.15, 0.2) is 0 Å². The first-order valence-electron chi connectivity index (χ1n) is 6.78. The fourth-order valence-electron chi connectivity index (χ4n) is 2.32. The van der Waals surface area contributed by atoms with Crippen LogP contribution in [-0.2, 0) is 0 Å². The van der Waals surface area contributed by atoms with E-state index in [9.17, 15) is 0 Å². The van der Waals surface area contributed by atoms with E-state index in [4.69, 9.17) is 4.74 Å². The van der Waals surface area contributed by atoms with Crippen molar-refractivity contribution in [3.05, 3.63) is 28.7 Å². The van der Waals surface area contributed by atoms with Crippen LogP contribution in [0.3, 0.4) is 0 Å². The molecule has 0 aliphatic heterocycles. The van der Waals surface area contributed by atoms with Crippen molar-refractivity contribution < 1.29 is 4.74 Å². The molecule has 0 aromatic heterocycles. The third-order valence-corrected chi connectivity index (χ3v) is 4.07. The minimum Gasteiger partial charge on any atom is -0.487 e. The summed E-state index contributed by atoms with van der Waals surface area (Å²) < 4.78 is 7.31. The standard InChI is InChI=1S/C15H22BrNO/c1-12(2)17-11-10-15(8-3-9-15)18-14-6-4-13(16)5-7-14/h4-7,12,17H,3,8-11H2,1-2H3. The van der Waals surface area contributed by atoms with Crippen molar-refractivity contribution in [1.29, 1.82) is 0 Å². The van der Waals surface area contributed by atoms with E-state index in [0.717, 1.165) is 23.2 Å². The molecule has 18 heavy (non-hydrogen) atoms. The Balaban J connectivity index is 1.89.